The van der Waals surface area contributed by atoms with Crippen LogP contribution in [0.4, 0.5) is 0 Å². The second-order valence-corrected chi connectivity index (χ2v) is 6.64. The number of hydrogen-bond donors (Lipinski definition) is 5. The highest BCUT2D eigenvalue weighted by molar-refractivity contribution is 6.00. The van der Waals surface area contributed by atoms with E-state index in [4.69, 9.17) is 11.5 Å². The van der Waals surface area contributed by atoms with E-state index >= 15 is 0 Å². The third-order valence-electron chi connectivity index (χ3n) is 4.31. The summed E-state index contributed by atoms with van der Waals surface area (Å²) in [6.45, 7) is 1.74. The van der Waals surface area contributed by atoms with Gasteiger partial charge in [-0.2, -0.15) is 0 Å². The highest BCUT2D eigenvalue weighted by atomic mass is 16.3. The van der Waals surface area contributed by atoms with Crippen LogP contribution >= 0.6 is 0 Å². The number of amides is 3. The van der Waals surface area contributed by atoms with E-state index in [1.165, 1.54) is 17.1 Å². The molecule has 0 saturated heterocycles. The van der Waals surface area contributed by atoms with Crippen molar-refractivity contribution >= 4 is 30.0 Å². The predicted molar refractivity (Wildman–Crippen MR) is 116 cm³/mol. The molecule has 1 rings (SSSR count). The zero-order chi connectivity index (χ0) is 23.2. The van der Waals surface area contributed by atoms with E-state index in [0.717, 1.165) is 0 Å². The molecular weight excluding hydrogens is 404 g/mol. The molecule has 0 aromatic rings. The van der Waals surface area contributed by atoms with Crippen LogP contribution in [-0.2, 0) is 19.2 Å². The first-order chi connectivity index (χ1) is 14.8. The number of likely N-dealkylation sites (N-methyl/N-ethyl adjacent to an activating group) is 1. The smallest absolute Gasteiger partial charge is 0.255 e. The van der Waals surface area contributed by atoms with E-state index in [1.54, 1.807) is 19.1 Å². The molecule has 31 heavy (non-hydrogen) atoms. The number of aldehydes is 1. The Morgan fingerprint density at radius 1 is 1.29 bits per heavy atom. The number of aliphatic imine (C=N–C) groups is 1. The summed E-state index contributed by atoms with van der Waals surface area (Å²) in [6.07, 6.45) is 8.00. The van der Waals surface area contributed by atoms with Gasteiger partial charge in [-0.3, -0.25) is 19.4 Å². The van der Waals surface area contributed by atoms with Crippen molar-refractivity contribution in [2.24, 2.45) is 16.5 Å². The van der Waals surface area contributed by atoms with Gasteiger partial charge in [0.1, 0.15) is 18.1 Å². The molecule has 7 N–H and O–H groups in total. The number of rotatable bonds is 12. The Hall–Kier alpha value is -3.63. The SMILES string of the molecule is CCN(CC(=O)NCC=O)C(=O)C(CCCN=C(N)N)NC(=O)C1=C(O)C=CCC=C1. The normalized spacial score (nSPS) is 13.7. The lowest BCUT2D eigenvalue weighted by Crippen LogP contribution is -2.51. The summed E-state index contributed by atoms with van der Waals surface area (Å²) in [5, 5.41) is 15.1. The number of allylic oxidation sites excluding steroid dienone is 3. The lowest BCUT2D eigenvalue weighted by atomic mass is 10.1. The van der Waals surface area contributed by atoms with E-state index in [1.807, 2.05) is 0 Å². The zero-order valence-electron chi connectivity index (χ0n) is 17.5. The molecule has 11 nitrogen and oxygen atoms in total. The van der Waals surface area contributed by atoms with Gasteiger partial charge in [-0.15, -0.1) is 0 Å². The highest BCUT2D eigenvalue weighted by Gasteiger charge is 2.27. The fourth-order valence-electron chi connectivity index (χ4n) is 2.76. The minimum Gasteiger partial charge on any atom is -0.507 e. The summed E-state index contributed by atoms with van der Waals surface area (Å²) in [4.78, 5) is 53.2. The first kappa shape index (κ1) is 25.4. The number of guanidine groups is 1. The predicted octanol–water partition coefficient (Wildman–Crippen LogP) is -0.983. The molecule has 1 unspecified atom stereocenters. The molecule has 3 amide bonds. The molecule has 0 aromatic carbocycles. The summed E-state index contributed by atoms with van der Waals surface area (Å²) in [5.41, 5.74) is 10.6. The largest absolute Gasteiger partial charge is 0.507 e. The average Bonchev–Trinajstić information content (AvgIpc) is 2.96. The number of nitrogens with two attached hydrogens (primary N) is 2. The molecule has 11 heteroatoms. The minimum absolute atomic E-state index is 0.0301. The summed E-state index contributed by atoms with van der Waals surface area (Å²) in [5.74, 6) is -1.89. The molecule has 0 aromatic heterocycles. The van der Waals surface area contributed by atoms with E-state index in [9.17, 15) is 24.3 Å². The molecule has 1 aliphatic rings. The Bertz CT molecular complexity index is 783. The number of carbonyl (C=O) groups is 4. The third-order valence-corrected chi connectivity index (χ3v) is 4.31. The fraction of sp³-hybridized carbons (Fsp3) is 0.450. The van der Waals surface area contributed by atoms with Gasteiger partial charge in [-0.1, -0.05) is 12.2 Å². The van der Waals surface area contributed by atoms with Crippen molar-refractivity contribution in [3.05, 3.63) is 35.6 Å². The Labute approximate surface area is 180 Å². The van der Waals surface area contributed by atoms with Crippen molar-refractivity contribution < 1.29 is 24.3 Å². The number of carbonyl (C=O) groups excluding carboxylic acids is 4. The lowest BCUT2D eigenvalue weighted by Gasteiger charge is -2.26. The Morgan fingerprint density at radius 3 is 2.65 bits per heavy atom. The number of hydrogen-bond acceptors (Lipinski definition) is 6. The maximum atomic E-state index is 13.0. The van der Waals surface area contributed by atoms with Gasteiger partial charge >= 0.3 is 0 Å². The van der Waals surface area contributed by atoms with Crippen LogP contribution in [0.2, 0.25) is 0 Å². The molecule has 0 aliphatic heterocycles. The third kappa shape index (κ3) is 9.15. The van der Waals surface area contributed by atoms with Gasteiger partial charge in [0.15, 0.2) is 5.96 Å². The monoisotopic (exact) mass is 434 g/mol. The molecule has 0 fully saturated rings. The first-order valence-corrected chi connectivity index (χ1v) is 9.91. The first-order valence-electron chi connectivity index (χ1n) is 9.91. The Kier molecular flexibility index (Phi) is 11.1. The minimum atomic E-state index is -0.971. The summed E-state index contributed by atoms with van der Waals surface area (Å²) < 4.78 is 0. The summed E-state index contributed by atoms with van der Waals surface area (Å²) in [7, 11) is 0. The van der Waals surface area contributed by atoms with E-state index in [0.29, 0.717) is 19.1 Å². The molecule has 0 spiro atoms. The number of aliphatic hydroxyl groups excluding tert-OH is 1. The zero-order valence-corrected chi connectivity index (χ0v) is 17.5. The molecule has 0 radical (unpaired) electrons. The topological polar surface area (TPSA) is 180 Å². The van der Waals surface area contributed by atoms with Crippen LogP contribution in [0.5, 0.6) is 0 Å². The van der Waals surface area contributed by atoms with Gasteiger partial charge in [-0.25, -0.2) is 0 Å². The summed E-state index contributed by atoms with van der Waals surface area (Å²) in [6, 6.07) is -0.971. The van der Waals surface area contributed by atoms with Crippen LogP contribution in [0.1, 0.15) is 26.2 Å². The van der Waals surface area contributed by atoms with Crippen molar-refractivity contribution in [1.29, 1.82) is 0 Å². The van der Waals surface area contributed by atoms with Crippen molar-refractivity contribution in [3.63, 3.8) is 0 Å². The van der Waals surface area contributed by atoms with Crippen LogP contribution in [-0.4, -0.2) is 72.2 Å². The average molecular weight is 434 g/mol. The van der Waals surface area contributed by atoms with Gasteiger partial charge in [-0.05, 0) is 38.3 Å². The van der Waals surface area contributed by atoms with Crippen LogP contribution in [0.25, 0.3) is 0 Å². The van der Waals surface area contributed by atoms with Gasteiger partial charge in [0, 0.05) is 13.1 Å². The quantitative estimate of drug-likeness (QED) is 0.113. The molecule has 170 valence electrons. The molecule has 0 saturated carbocycles. The van der Waals surface area contributed by atoms with Crippen molar-refractivity contribution in [3.8, 4) is 0 Å². The molecule has 0 heterocycles. The second-order valence-electron chi connectivity index (χ2n) is 6.64. The van der Waals surface area contributed by atoms with Crippen molar-refractivity contribution in [1.82, 2.24) is 15.5 Å². The van der Waals surface area contributed by atoms with E-state index in [2.05, 4.69) is 15.6 Å². The van der Waals surface area contributed by atoms with Gasteiger partial charge in [0.05, 0.1) is 18.7 Å². The second kappa shape index (κ2) is 13.6. The van der Waals surface area contributed by atoms with Gasteiger partial charge in [0.2, 0.25) is 11.8 Å². The van der Waals surface area contributed by atoms with Crippen LogP contribution in [0, 0.1) is 0 Å². The summed E-state index contributed by atoms with van der Waals surface area (Å²) >= 11 is 0. The lowest BCUT2D eigenvalue weighted by molar-refractivity contribution is -0.139. The van der Waals surface area contributed by atoms with Gasteiger partial charge < -0.3 is 36.9 Å². The van der Waals surface area contributed by atoms with Crippen molar-refractivity contribution in [2.45, 2.75) is 32.2 Å². The van der Waals surface area contributed by atoms with Crippen molar-refractivity contribution in [2.75, 3.05) is 26.2 Å². The van der Waals surface area contributed by atoms with Crippen LogP contribution in [0.15, 0.2) is 40.6 Å². The van der Waals surface area contributed by atoms with Crippen LogP contribution < -0.4 is 22.1 Å². The highest BCUT2D eigenvalue weighted by Crippen LogP contribution is 2.13. The van der Waals surface area contributed by atoms with E-state index in [-0.39, 0.29) is 49.9 Å². The molecule has 1 aliphatic carbocycles. The van der Waals surface area contributed by atoms with Gasteiger partial charge in [0.25, 0.3) is 5.91 Å². The molecular formula is C20H30N6O5. The standard InChI is InChI=1S/C20H30N6O5/c1-2-26(13-17(29)23-11-12-27)19(31)15(8-6-10-24-20(21)22)25-18(30)14-7-4-3-5-9-16(14)28/h4-5,7,9,12,15,28H,2-3,6,8,10-11,13H2,1H3,(H,23,29)(H,25,30)(H4,21,22,24). The van der Waals surface area contributed by atoms with Crippen LogP contribution in [0.3, 0.4) is 0 Å². The molecule has 1 atom stereocenters. The number of nitrogens with zero attached hydrogens (tertiary/aromatic N) is 2. The fourth-order valence-corrected chi connectivity index (χ4v) is 2.76. The maximum Gasteiger partial charge on any atom is 0.255 e. The number of nitrogens with one attached hydrogen (secondary N) is 2. The molecule has 0 bridgehead atoms. The Morgan fingerprint density at radius 2 is 2.00 bits per heavy atom. The number of aliphatic hydroxyl groups is 1. The Balaban J connectivity index is 2.97. The van der Waals surface area contributed by atoms with E-state index < -0.39 is 23.8 Å². The maximum absolute atomic E-state index is 13.0.